The Kier molecular flexibility index (Phi) is 8.22. The van der Waals surface area contributed by atoms with Crippen LogP contribution >= 0.6 is 11.6 Å². The molecule has 1 fully saturated rings. The highest BCUT2D eigenvalue weighted by Crippen LogP contribution is 2.34. The number of nitrogens with zero attached hydrogens (tertiary/aromatic N) is 2. The number of para-hydroxylation sites is 1. The average Bonchev–Trinajstić information content (AvgIpc) is 2.81. The monoisotopic (exact) mass is 444 g/mol. The van der Waals surface area contributed by atoms with Gasteiger partial charge in [0.05, 0.1) is 19.2 Å². The molecule has 3 rings (SSSR count). The summed E-state index contributed by atoms with van der Waals surface area (Å²) in [5, 5.41) is 0.554. The molecule has 2 aromatic carbocycles. The van der Waals surface area contributed by atoms with E-state index in [9.17, 15) is 4.79 Å². The molecule has 1 aliphatic rings. The van der Waals surface area contributed by atoms with Crippen molar-refractivity contribution in [2.45, 2.75) is 51.6 Å². The number of carbonyl (C=O) groups excluding carboxylic acids is 1. The zero-order chi connectivity index (χ0) is 22.4. The van der Waals surface area contributed by atoms with Gasteiger partial charge in [0, 0.05) is 43.3 Å². The first kappa shape index (κ1) is 23.4. The van der Waals surface area contributed by atoms with Gasteiger partial charge in [-0.25, -0.2) is 0 Å². The summed E-state index contributed by atoms with van der Waals surface area (Å²) in [5.74, 6) is 1.65. The number of hydrogen-bond acceptors (Lipinski definition) is 4. The van der Waals surface area contributed by atoms with E-state index in [-0.39, 0.29) is 11.9 Å². The molecule has 1 aliphatic heterocycles. The molecular formula is C25H33ClN2O3. The van der Waals surface area contributed by atoms with Crippen molar-refractivity contribution in [3.05, 3.63) is 53.1 Å². The van der Waals surface area contributed by atoms with Crippen molar-refractivity contribution in [3.63, 3.8) is 0 Å². The van der Waals surface area contributed by atoms with Crippen LogP contribution in [0.4, 0.5) is 5.69 Å². The van der Waals surface area contributed by atoms with Crippen molar-refractivity contribution in [1.29, 1.82) is 0 Å². The summed E-state index contributed by atoms with van der Waals surface area (Å²) in [7, 11) is 3.29. The van der Waals surface area contributed by atoms with E-state index >= 15 is 0 Å². The van der Waals surface area contributed by atoms with Gasteiger partial charge >= 0.3 is 0 Å². The second-order valence-electron chi connectivity index (χ2n) is 8.07. The zero-order valence-electron chi connectivity index (χ0n) is 18.9. The molecule has 6 heteroatoms. The van der Waals surface area contributed by atoms with Crippen LogP contribution in [0.5, 0.6) is 11.5 Å². The number of rotatable bonds is 8. The van der Waals surface area contributed by atoms with Gasteiger partial charge in [0.2, 0.25) is 5.91 Å². The third kappa shape index (κ3) is 5.52. The quantitative estimate of drug-likeness (QED) is 0.561. The van der Waals surface area contributed by atoms with E-state index in [1.807, 2.05) is 54.3 Å². The lowest BCUT2D eigenvalue weighted by molar-refractivity contribution is -0.119. The lowest BCUT2D eigenvalue weighted by atomic mass is 9.98. The average molecular weight is 445 g/mol. The minimum Gasteiger partial charge on any atom is -0.496 e. The SMILES string of the molecule is CCC(=O)N(c1ccccc1)C1CCN(C(C)Cc2cc(OC)c(Cl)cc2OC)CC1. The van der Waals surface area contributed by atoms with Crippen molar-refractivity contribution in [2.24, 2.45) is 0 Å². The summed E-state index contributed by atoms with van der Waals surface area (Å²) >= 11 is 6.25. The maximum atomic E-state index is 12.7. The molecule has 31 heavy (non-hydrogen) atoms. The topological polar surface area (TPSA) is 42.0 Å². The van der Waals surface area contributed by atoms with Crippen LogP contribution in [0, 0.1) is 0 Å². The van der Waals surface area contributed by atoms with Crippen molar-refractivity contribution < 1.29 is 14.3 Å². The number of likely N-dealkylation sites (tertiary alicyclic amines) is 1. The minimum absolute atomic E-state index is 0.190. The van der Waals surface area contributed by atoms with Gasteiger partial charge in [-0.2, -0.15) is 0 Å². The number of methoxy groups -OCH3 is 2. The van der Waals surface area contributed by atoms with Crippen LogP contribution in [0.15, 0.2) is 42.5 Å². The molecule has 168 valence electrons. The van der Waals surface area contributed by atoms with Crippen LogP contribution in [0.25, 0.3) is 0 Å². The molecule has 0 aliphatic carbocycles. The van der Waals surface area contributed by atoms with Gasteiger partial charge in [-0.05, 0) is 49.9 Å². The number of halogens is 1. The Balaban J connectivity index is 1.67. The second kappa shape index (κ2) is 10.9. The summed E-state index contributed by atoms with van der Waals surface area (Å²) in [4.78, 5) is 17.2. The van der Waals surface area contributed by atoms with Crippen molar-refractivity contribution in [2.75, 3.05) is 32.2 Å². The molecule has 1 amide bonds. The highest BCUT2D eigenvalue weighted by Gasteiger charge is 2.30. The molecule has 5 nitrogen and oxygen atoms in total. The molecule has 1 unspecified atom stereocenters. The van der Waals surface area contributed by atoms with Crippen molar-refractivity contribution >= 4 is 23.2 Å². The predicted octanol–water partition coefficient (Wildman–Crippen LogP) is 5.20. The van der Waals surface area contributed by atoms with E-state index < -0.39 is 0 Å². The van der Waals surface area contributed by atoms with E-state index in [1.54, 1.807) is 14.2 Å². The number of amides is 1. The van der Waals surface area contributed by atoms with E-state index in [0.29, 0.717) is 23.2 Å². The molecule has 1 heterocycles. The highest BCUT2D eigenvalue weighted by atomic mass is 35.5. The van der Waals surface area contributed by atoms with Crippen LogP contribution in [-0.2, 0) is 11.2 Å². The Morgan fingerprint density at radius 1 is 1.13 bits per heavy atom. The third-order valence-corrected chi connectivity index (χ3v) is 6.46. The van der Waals surface area contributed by atoms with E-state index in [0.717, 1.165) is 49.4 Å². The van der Waals surface area contributed by atoms with Gasteiger partial charge < -0.3 is 19.3 Å². The lowest BCUT2D eigenvalue weighted by Crippen LogP contribution is -2.49. The fraction of sp³-hybridized carbons (Fsp3) is 0.480. The maximum absolute atomic E-state index is 12.7. The standard InChI is InChI=1S/C25H33ClN2O3/c1-5-25(29)28(20-9-7-6-8-10-20)21-11-13-27(14-12-21)18(2)15-19-16-24(31-4)22(26)17-23(19)30-3/h6-10,16-18,21H,5,11-15H2,1-4H3. The molecular weight excluding hydrogens is 412 g/mol. The zero-order valence-corrected chi connectivity index (χ0v) is 19.7. The number of anilines is 1. The Labute approximate surface area is 190 Å². The van der Waals surface area contributed by atoms with E-state index in [4.69, 9.17) is 21.1 Å². The smallest absolute Gasteiger partial charge is 0.226 e. The van der Waals surface area contributed by atoms with Gasteiger partial charge in [-0.3, -0.25) is 4.79 Å². The molecule has 0 bridgehead atoms. The molecule has 0 spiro atoms. The summed E-state index contributed by atoms with van der Waals surface area (Å²) in [6.45, 7) is 6.09. The summed E-state index contributed by atoms with van der Waals surface area (Å²) in [6.07, 6.45) is 3.29. The van der Waals surface area contributed by atoms with Gasteiger partial charge in [0.15, 0.2) is 0 Å². The summed E-state index contributed by atoms with van der Waals surface area (Å²) in [5.41, 5.74) is 2.09. The normalized spacial score (nSPS) is 16.0. The van der Waals surface area contributed by atoms with Crippen LogP contribution < -0.4 is 14.4 Å². The molecule has 0 radical (unpaired) electrons. The van der Waals surface area contributed by atoms with Gasteiger partial charge in [-0.15, -0.1) is 0 Å². The third-order valence-electron chi connectivity index (χ3n) is 6.16. The summed E-state index contributed by atoms with van der Waals surface area (Å²) < 4.78 is 10.9. The van der Waals surface area contributed by atoms with Crippen LogP contribution in [-0.4, -0.2) is 50.2 Å². The van der Waals surface area contributed by atoms with E-state index in [2.05, 4.69) is 11.8 Å². The van der Waals surface area contributed by atoms with Gasteiger partial charge in [0.1, 0.15) is 11.5 Å². The fourth-order valence-corrected chi connectivity index (χ4v) is 4.66. The number of carbonyl (C=O) groups is 1. The van der Waals surface area contributed by atoms with Crippen molar-refractivity contribution in [1.82, 2.24) is 4.90 Å². The Morgan fingerprint density at radius 2 is 1.77 bits per heavy atom. The molecule has 0 saturated carbocycles. The first-order chi connectivity index (χ1) is 15.0. The molecule has 1 atom stereocenters. The van der Waals surface area contributed by atoms with E-state index in [1.165, 1.54) is 0 Å². The molecule has 2 aromatic rings. The second-order valence-corrected chi connectivity index (χ2v) is 8.48. The number of ether oxygens (including phenoxy) is 2. The largest absolute Gasteiger partial charge is 0.496 e. The minimum atomic E-state index is 0.190. The number of hydrogen-bond donors (Lipinski definition) is 0. The first-order valence-electron chi connectivity index (χ1n) is 11.0. The fourth-order valence-electron chi connectivity index (χ4n) is 4.43. The number of piperidine rings is 1. The van der Waals surface area contributed by atoms with Crippen LogP contribution in [0.1, 0.15) is 38.7 Å². The molecule has 1 saturated heterocycles. The Hall–Kier alpha value is -2.24. The van der Waals surface area contributed by atoms with Gasteiger partial charge in [0.25, 0.3) is 0 Å². The van der Waals surface area contributed by atoms with Gasteiger partial charge in [-0.1, -0.05) is 36.7 Å². The molecule has 0 N–H and O–H groups in total. The maximum Gasteiger partial charge on any atom is 0.226 e. The Morgan fingerprint density at radius 3 is 2.35 bits per heavy atom. The lowest BCUT2D eigenvalue weighted by Gasteiger charge is -2.41. The van der Waals surface area contributed by atoms with Crippen LogP contribution in [0.3, 0.4) is 0 Å². The summed E-state index contributed by atoms with van der Waals surface area (Å²) in [6, 6.07) is 14.4. The first-order valence-corrected chi connectivity index (χ1v) is 11.4. The number of benzene rings is 2. The Bertz CT molecular complexity index is 867. The van der Waals surface area contributed by atoms with Crippen molar-refractivity contribution in [3.8, 4) is 11.5 Å². The highest BCUT2D eigenvalue weighted by molar-refractivity contribution is 6.32. The molecule has 0 aromatic heterocycles. The predicted molar refractivity (Wildman–Crippen MR) is 127 cm³/mol. The van der Waals surface area contributed by atoms with Crippen LogP contribution in [0.2, 0.25) is 5.02 Å².